The topological polar surface area (TPSA) is 20.3 Å². The Bertz CT molecular complexity index is 766. The van der Waals surface area contributed by atoms with Crippen LogP contribution in [0.25, 0.3) is 6.08 Å². The fourth-order valence-electron chi connectivity index (χ4n) is 2.09. The van der Waals surface area contributed by atoms with Crippen LogP contribution >= 0.6 is 46.6 Å². The Labute approximate surface area is 152 Å². The molecule has 0 saturated carbocycles. The largest absolute Gasteiger partial charge is 0.270 e. The molecule has 1 aliphatic rings. The van der Waals surface area contributed by atoms with E-state index < -0.39 is 0 Å². The molecule has 0 radical (unpaired) electrons. The summed E-state index contributed by atoms with van der Waals surface area (Å²) in [6, 6.07) is 15.9. The Morgan fingerprint density at radius 1 is 1.09 bits per heavy atom. The van der Waals surface area contributed by atoms with Crippen molar-refractivity contribution in [3.05, 3.63) is 68.1 Å². The maximum Gasteiger partial charge on any atom is 0.270 e. The van der Waals surface area contributed by atoms with Gasteiger partial charge >= 0.3 is 0 Å². The van der Waals surface area contributed by atoms with E-state index in [4.69, 9.17) is 12.2 Å². The first-order chi connectivity index (χ1) is 10.5. The second-order valence-corrected chi connectivity index (χ2v) is 7.83. The molecule has 0 unspecified atom stereocenters. The molecule has 2 aromatic carbocycles. The first-order valence-electron chi connectivity index (χ1n) is 6.65. The SMILES string of the molecule is Cc1ccc(N2C(=O)/C(=C\c3ccc(I)cc3)SC2=S)cc1. The van der Waals surface area contributed by atoms with E-state index >= 15 is 0 Å². The number of thiocarbonyl (C=S) groups is 1. The monoisotopic (exact) mass is 437 g/mol. The summed E-state index contributed by atoms with van der Waals surface area (Å²) in [5.74, 6) is -0.0580. The number of anilines is 1. The molecule has 110 valence electrons. The third-order valence-electron chi connectivity index (χ3n) is 3.25. The van der Waals surface area contributed by atoms with E-state index in [-0.39, 0.29) is 5.91 Å². The van der Waals surface area contributed by atoms with Crippen LogP contribution in [0.3, 0.4) is 0 Å². The quantitative estimate of drug-likeness (QED) is 0.375. The number of hydrogen-bond donors (Lipinski definition) is 0. The molecule has 0 aliphatic carbocycles. The summed E-state index contributed by atoms with van der Waals surface area (Å²) >= 11 is 8.98. The highest BCUT2D eigenvalue weighted by Gasteiger charge is 2.33. The third kappa shape index (κ3) is 3.26. The number of halogens is 1. The lowest BCUT2D eigenvalue weighted by atomic mass is 10.2. The highest BCUT2D eigenvalue weighted by molar-refractivity contribution is 14.1. The van der Waals surface area contributed by atoms with Crippen LogP contribution < -0.4 is 4.90 Å². The molecule has 0 atom stereocenters. The number of thioether (sulfide) groups is 1. The van der Waals surface area contributed by atoms with E-state index in [1.165, 1.54) is 15.3 Å². The fraction of sp³-hybridized carbons (Fsp3) is 0.0588. The van der Waals surface area contributed by atoms with Crippen molar-refractivity contribution in [1.29, 1.82) is 0 Å². The van der Waals surface area contributed by atoms with Gasteiger partial charge in [0, 0.05) is 3.57 Å². The average Bonchev–Trinajstić information content (AvgIpc) is 2.77. The molecule has 2 aromatic rings. The van der Waals surface area contributed by atoms with Gasteiger partial charge in [-0.05, 0) is 65.4 Å². The van der Waals surface area contributed by atoms with Crippen molar-refractivity contribution in [1.82, 2.24) is 0 Å². The van der Waals surface area contributed by atoms with Crippen LogP contribution in [-0.2, 0) is 4.79 Å². The summed E-state index contributed by atoms with van der Waals surface area (Å²) in [4.78, 5) is 14.9. The number of benzene rings is 2. The van der Waals surface area contributed by atoms with Gasteiger partial charge in [-0.1, -0.05) is 53.8 Å². The second-order valence-electron chi connectivity index (χ2n) is 4.90. The lowest BCUT2D eigenvalue weighted by Crippen LogP contribution is -2.27. The predicted molar refractivity (Wildman–Crippen MR) is 106 cm³/mol. The molecule has 3 rings (SSSR count). The van der Waals surface area contributed by atoms with Gasteiger partial charge in [-0.25, -0.2) is 0 Å². The van der Waals surface area contributed by atoms with E-state index in [9.17, 15) is 4.79 Å². The number of rotatable bonds is 2. The van der Waals surface area contributed by atoms with Gasteiger partial charge in [0.1, 0.15) is 0 Å². The molecule has 0 bridgehead atoms. The zero-order valence-electron chi connectivity index (χ0n) is 11.7. The Balaban J connectivity index is 1.91. The van der Waals surface area contributed by atoms with Gasteiger partial charge < -0.3 is 0 Å². The number of nitrogens with zero attached hydrogens (tertiary/aromatic N) is 1. The van der Waals surface area contributed by atoms with Crippen molar-refractivity contribution in [3.8, 4) is 0 Å². The summed E-state index contributed by atoms with van der Waals surface area (Å²) in [5, 5.41) is 0. The van der Waals surface area contributed by atoms with E-state index in [1.54, 1.807) is 4.90 Å². The van der Waals surface area contributed by atoms with Gasteiger partial charge in [0.2, 0.25) is 0 Å². The van der Waals surface area contributed by atoms with Gasteiger partial charge in [0.25, 0.3) is 5.91 Å². The minimum atomic E-state index is -0.0580. The minimum absolute atomic E-state index is 0.0580. The summed E-state index contributed by atoms with van der Waals surface area (Å²) < 4.78 is 1.74. The summed E-state index contributed by atoms with van der Waals surface area (Å²) in [6.07, 6.45) is 1.89. The third-order valence-corrected chi connectivity index (χ3v) is 5.27. The number of amides is 1. The van der Waals surface area contributed by atoms with Crippen molar-refractivity contribution >= 4 is 68.6 Å². The van der Waals surface area contributed by atoms with E-state index in [1.807, 2.05) is 61.5 Å². The van der Waals surface area contributed by atoms with E-state index in [2.05, 4.69) is 22.6 Å². The molecule has 1 saturated heterocycles. The van der Waals surface area contributed by atoms with Crippen molar-refractivity contribution in [2.45, 2.75) is 6.92 Å². The highest BCUT2D eigenvalue weighted by atomic mass is 127. The Kier molecular flexibility index (Phi) is 4.65. The molecular weight excluding hydrogens is 425 g/mol. The first kappa shape index (κ1) is 15.7. The van der Waals surface area contributed by atoms with E-state index in [0.29, 0.717) is 9.23 Å². The van der Waals surface area contributed by atoms with Gasteiger partial charge in [0.15, 0.2) is 4.32 Å². The minimum Gasteiger partial charge on any atom is -0.268 e. The van der Waals surface area contributed by atoms with Gasteiger partial charge in [0.05, 0.1) is 10.6 Å². The molecule has 1 amide bonds. The molecule has 1 fully saturated rings. The maximum atomic E-state index is 12.6. The van der Waals surface area contributed by atoms with Crippen LogP contribution in [0.15, 0.2) is 53.4 Å². The molecule has 22 heavy (non-hydrogen) atoms. The van der Waals surface area contributed by atoms with Gasteiger partial charge in [-0.2, -0.15) is 0 Å². The highest BCUT2D eigenvalue weighted by Crippen LogP contribution is 2.36. The van der Waals surface area contributed by atoms with Crippen molar-refractivity contribution in [2.75, 3.05) is 4.90 Å². The first-order valence-corrected chi connectivity index (χ1v) is 8.95. The van der Waals surface area contributed by atoms with Crippen molar-refractivity contribution in [2.24, 2.45) is 0 Å². The Morgan fingerprint density at radius 2 is 1.73 bits per heavy atom. The van der Waals surface area contributed by atoms with Crippen LogP contribution in [-0.4, -0.2) is 10.2 Å². The number of aryl methyl sites for hydroxylation is 1. The molecule has 0 spiro atoms. The van der Waals surface area contributed by atoms with Crippen LogP contribution in [0.5, 0.6) is 0 Å². The lowest BCUT2D eigenvalue weighted by molar-refractivity contribution is -0.113. The normalized spacial score (nSPS) is 16.6. The summed E-state index contributed by atoms with van der Waals surface area (Å²) in [5.41, 5.74) is 2.98. The summed E-state index contributed by atoms with van der Waals surface area (Å²) in [7, 11) is 0. The van der Waals surface area contributed by atoms with Gasteiger partial charge in [-0.3, -0.25) is 9.69 Å². The molecule has 1 aliphatic heterocycles. The second kappa shape index (κ2) is 6.52. The Morgan fingerprint density at radius 3 is 2.36 bits per heavy atom. The number of hydrogen-bond acceptors (Lipinski definition) is 3. The molecule has 2 nitrogen and oxygen atoms in total. The van der Waals surface area contributed by atoms with Crippen molar-refractivity contribution < 1.29 is 4.79 Å². The summed E-state index contributed by atoms with van der Waals surface area (Å²) in [6.45, 7) is 2.02. The molecule has 1 heterocycles. The molecule has 0 N–H and O–H groups in total. The van der Waals surface area contributed by atoms with Crippen molar-refractivity contribution in [3.63, 3.8) is 0 Å². The van der Waals surface area contributed by atoms with E-state index in [0.717, 1.165) is 16.8 Å². The van der Waals surface area contributed by atoms with Crippen LogP contribution in [0.1, 0.15) is 11.1 Å². The maximum absolute atomic E-state index is 12.6. The molecule has 5 heteroatoms. The van der Waals surface area contributed by atoms with Crippen LogP contribution in [0.2, 0.25) is 0 Å². The number of carbonyl (C=O) groups excluding carboxylic acids is 1. The average molecular weight is 437 g/mol. The fourth-order valence-corrected chi connectivity index (χ4v) is 3.75. The van der Waals surface area contributed by atoms with Crippen LogP contribution in [0.4, 0.5) is 5.69 Å². The van der Waals surface area contributed by atoms with Gasteiger partial charge in [-0.15, -0.1) is 0 Å². The standard InChI is InChI=1S/C17H12INOS2/c1-11-2-8-14(9-3-11)19-16(20)15(22-17(19)21)10-12-4-6-13(18)7-5-12/h2-10H,1H3/b15-10+. The zero-order chi connectivity index (χ0) is 15.7. The smallest absolute Gasteiger partial charge is 0.268 e. The van der Waals surface area contributed by atoms with Crippen LogP contribution in [0, 0.1) is 10.5 Å². The lowest BCUT2D eigenvalue weighted by Gasteiger charge is -2.14. The Hall–Kier alpha value is -1.18. The number of carbonyl (C=O) groups is 1. The molecule has 0 aromatic heterocycles. The zero-order valence-corrected chi connectivity index (χ0v) is 15.5. The predicted octanol–water partition coefficient (Wildman–Crippen LogP) is 5.01. The molecular formula is C17H12INOS2.